The summed E-state index contributed by atoms with van der Waals surface area (Å²) in [4.78, 5) is 25.1. The first-order chi connectivity index (χ1) is 14.2. The van der Waals surface area contributed by atoms with E-state index in [0.717, 1.165) is 5.56 Å². The summed E-state index contributed by atoms with van der Waals surface area (Å²) in [5.74, 6) is -0.392. The van der Waals surface area contributed by atoms with Crippen molar-refractivity contribution < 1.29 is 18.4 Å². The van der Waals surface area contributed by atoms with Gasteiger partial charge in [-0.25, -0.2) is 9.59 Å². The van der Waals surface area contributed by atoms with Crippen molar-refractivity contribution >= 4 is 56.1 Å². The van der Waals surface area contributed by atoms with E-state index in [2.05, 4.69) is 0 Å². The number of fused-ring (bicyclic) bond motifs is 4. The van der Waals surface area contributed by atoms with Crippen LogP contribution in [0.5, 0.6) is 5.75 Å². The second kappa shape index (κ2) is 6.39. The van der Waals surface area contributed by atoms with E-state index in [0.29, 0.717) is 26.6 Å². The Labute approximate surface area is 177 Å². The van der Waals surface area contributed by atoms with Gasteiger partial charge in [-0.15, -0.1) is 0 Å². The first kappa shape index (κ1) is 18.8. The van der Waals surface area contributed by atoms with Crippen molar-refractivity contribution in [3.8, 4) is 17.1 Å². The van der Waals surface area contributed by atoms with Gasteiger partial charge in [0.05, 0.1) is 10.8 Å². The van der Waals surface area contributed by atoms with Crippen LogP contribution in [0.2, 0.25) is 10.0 Å². The summed E-state index contributed by atoms with van der Waals surface area (Å²) in [7, 11) is 0. The van der Waals surface area contributed by atoms with Gasteiger partial charge in [-0.05, 0) is 49.2 Å². The molecule has 1 N–H and O–H groups in total. The molecule has 0 saturated heterocycles. The summed E-state index contributed by atoms with van der Waals surface area (Å²) in [5, 5.41) is 12.5. The average Bonchev–Trinajstić information content (AvgIpc) is 3.11. The van der Waals surface area contributed by atoms with Gasteiger partial charge < -0.3 is 18.4 Å². The molecule has 0 aliphatic heterocycles. The highest BCUT2D eigenvalue weighted by molar-refractivity contribution is 6.32. The molecule has 2 aromatic carbocycles. The summed E-state index contributed by atoms with van der Waals surface area (Å²) in [5.41, 5.74) is 0.431. The van der Waals surface area contributed by atoms with E-state index >= 15 is 0 Å². The minimum absolute atomic E-state index is 0.0358. The molecule has 0 fully saturated rings. The molecular weight excluding hydrogens is 431 g/mol. The third-order valence-corrected chi connectivity index (χ3v) is 5.88. The lowest BCUT2D eigenvalue weighted by Gasteiger charge is -2.06. The second-order valence-electron chi connectivity index (χ2n) is 7.05. The summed E-state index contributed by atoms with van der Waals surface area (Å²) < 4.78 is 16.6. The highest BCUT2D eigenvalue weighted by Gasteiger charge is 2.23. The Bertz CT molecular complexity index is 1640. The molecule has 0 saturated carbocycles. The molecule has 0 spiro atoms. The van der Waals surface area contributed by atoms with Crippen molar-refractivity contribution in [3.63, 3.8) is 0 Å². The molecule has 5 rings (SSSR count). The van der Waals surface area contributed by atoms with Crippen molar-refractivity contribution in [2.24, 2.45) is 0 Å². The van der Waals surface area contributed by atoms with Crippen LogP contribution in [0.3, 0.4) is 0 Å². The van der Waals surface area contributed by atoms with E-state index in [1.54, 1.807) is 32.0 Å². The van der Waals surface area contributed by atoms with Crippen LogP contribution in [-0.4, -0.2) is 5.11 Å². The summed E-state index contributed by atoms with van der Waals surface area (Å²) in [6, 6.07) is 7.65. The minimum Gasteiger partial charge on any atom is -0.506 e. The van der Waals surface area contributed by atoms with E-state index in [9.17, 15) is 14.7 Å². The summed E-state index contributed by atoms with van der Waals surface area (Å²) in [6.07, 6.45) is 0. The van der Waals surface area contributed by atoms with E-state index in [4.69, 9.17) is 36.5 Å². The maximum atomic E-state index is 12.6. The molecule has 0 radical (unpaired) electrons. The topological polar surface area (TPSA) is 93.8 Å². The highest BCUT2D eigenvalue weighted by atomic mass is 35.5. The molecule has 0 atom stereocenters. The fourth-order valence-electron chi connectivity index (χ4n) is 3.46. The van der Waals surface area contributed by atoms with Crippen LogP contribution >= 0.6 is 23.2 Å². The van der Waals surface area contributed by atoms with Crippen molar-refractivity contribution in [1.29, 1.82) is 0 Å². The molecule has 0 amide bonds. The molecular formula is C22H12Cl2O6. The zero-order valence-electron chi connectivity index (χ0n) is 15.6. The molecule has 0 aliphatic carbocycles. The monoisotopic (exact) mass is 442 g/mol. The van der Waals surface area contributed by atoms with Crippen LogP contribution < -0.4 is 11.3 Å². The van der Waals surface area contributed by atoms with Gasteiger partial charge in [0.25, 0.3) is 0 Å². The Morgan fingerprint density at radius 1 is 0.733 bits per heavy atom. The fraction of sp³-hybridized carbons (Fsp3) is 0.0909. The number of furan rings is 1. The molecule has 0 bridgehead atoms. The van der Waals surface area contributed by atoms with E-state index < -0.39 is 11.3 Å². The largest absolute Gasteiger partial charge is 0.506 e. The molecule has 6 nitrogen and oxygen atoms in total. The molecule has 0 unspecified atom stereocenters. The molecule has 3 heterocycles. The minimum atomic E-state index is -0.816. The smallest absolute Gasteiger partial charge is 0.351 e. The van der Waals surface area contributed by atoms with Crippen molar-refractivity contribution in [3.05, 3.63) is 72.3 Å². The third kappa shape index (κ3) is 2.65. The Kier molecular flexibility index (Phi) is 4.00. The Morgan fingerprint density at radius 3 is 1.97 bits per heavy atom. The molecule has 3 aromatic heterocycles. The van der Waals surface area contributed by atoms with E-state index in [1.807, 2.05) is 0 Å². The number of hydrogen-bond acceptors (Lipinski definition) is 6. The number of aryl methyl sites for hydroxylation is 2. The van der Waals surface area contributed by atoms with Gasteiger partial charge in [0.15, 0.2) is 5.58 Å². The van der Waals surface area contributed by atoms with Crippen LogP contribution in [0.4, 0.5) is 0 Å². The van der Waals surface area contributed by atoms with Gasteiger partial charge in [-0.2, -0.15) is 0 Å². The SMILES string of the molecule is Cc1cc2oc(=O)c(-c3cc4c(=O)oc5cc(C)c(Cl)cc5c4o3)c(O)c2cc1Cl. The van der Waals surface area contributed by atoms with Crippen LogP contribution in [0, 0.1) is 13.8 Å². The summed E-state index contributed by atoms with van der Waals surface area (Å²) in [6.45, 7) is 3.54. The maximum Gasteiger partial charge on any atom is 0.351 e. The van der Waals surface area contributed by atoms with E-state index in [-0.39, 0.29) is 39.0 Å². The zero-order valence-corrected chi connectivity index (χ0v) is 17.1. The Hall–Kier alpha value is -3.22. The van der Waals surface area contributed by atoms with Crippen molar-refractivity contribution in [2.45, 2.75) is 13.8 Å². The van der Waals surface area contributed by atoms with Gasteiger partial charge in [-0.3, -0.25) is 0 Å². The molecule has 0 aliphatic rings. The van der Waals surface area contributed by atoms with E-state index in [1.165, 1.54) is 12.1 Å². The van der Waals surface area contributed by atoms with Crippen LogP contribution in [-0.2, 0) is 0 Å². The second-order valence-corrected chi connectivity index (χ2v) is 7.87. The number of rotatable bonds is 1. The van der Waals surface area contributed by atoms with Gasteiger partial charge in [0, 0.05) is 16.1 Å². The average molecular weight is 443 g/mol. The lowest BCUT2D eigenvalue weighted by atomic mass is 10.1. The van der Waals surface area contributed by atoms with Crippen molar-refractivity contribution in [2.75, 3.05) is 0 Å². The molecule has 8 heteroatoms. The zero-order chi connectivity index (χ0) is 21.3. The number of hydrogen-bond donors (Lipinski definition) is 1. The Balaban J connectivity index is 1.87. The van der Waals surface area contributed by atoms with Gasteiger partial charge in [0.1, 0.15) is 33.6 Å². The fourth-order valence-corrected chi connectivity index (χ4v) is 3.79. The lowest BCUT2D eigenvalue weighted by molar-refractivity contribution is 0.467. The Morgan fingerprint density at radius 2 is 1.30 bits per heavy atom. The van der Waals surface area contributed by atoms with Crippen LogP contribution in [0.15, 0.2) is 53.2 Å². The van der Waals surface area contributed by atoms with Gasteiger partial charge in [-0.1, -0.05) is 23.2 Å². The normalized spacial score (nSPS) is 11.7. The standard InChI is InChI=1S/C22H12Cl2O6/c1-8-3-15-10(5-13(8)23)19(25)18(22(27)30-15)17-7-12-20(28-17)11-6-14(24)9(2)4-16(11)29-21(12)26/h3-7,25H,1-2H3. The van der Waals surface area contributed by atoms with Gasteiger partial charge in [0.2, 0.25) is 0 Å². The molecule has 5 aromatic rings. The first-order valence-electron chi connectivity index (χ1n) is 8.87. The van der Waals surface area contributed by atoms with Gasteiger partial charge >= 0.3 is 11.3 Å². The quantitative estimate of drug-likeness (QED) is 0.322. The highest BCUT2D eigenvalue weighted by Crippen LogP contribution is 2.38. The number of aromatic hydroxyl groups is 1. The third-order valence-electron chi connectivity index (χ3n) is 5.07. The molecule has 30 heavy (non-hydrogen) atoms. The number of benzene rings is 2. The number of halogens is 2. The predicted octanol–water partition coefficient (Wildman–Crippen LogP) is 5.94. The maximum absolute atomic E-state index is 12.6. The lowest BCUT2D eigenvalue weighted by Crippen LogP contribution is -2.03. The predicted molar refractivity (Wildman–Crippen MR) is 115 cm³/mol. The first-order valence-corrected chi connectivity index (χ1v) is 9.63. The molecule has 150 valence electrons. The van der Waals surface area contributed by atoms with Crippen molar-refractivity contribution in [1.82, 2.24) is 0 Å². The van der Waals surface area contributed by atoms with Crippen LogP contribution in [0.25, 0.3) is 44.2 Å². The van der Waals surface area contributed by atoms with Crippen LogP contribution in [0.1, 0.15) is 11.1 Å². The summed E-state index contributed by atoms with van der Waals surface area (Å²) >= 11 is 12.4.